The molecule has 152 valence electrons. The third kappa shape index (κ3) is 4.53. The van der Waals surface area contributed by atoms with Gasteiger partial charge in [0, 0.05) is 18.4 Å². The van der Waals surface area contributed by atoms with Crippen molar-refractivity contribution in [1.29, 1.82) is 0 Å². The maximum Gasteiger partial charge on any atom is 0.291 e. The minimum atomic E-state index is -0.487. The Kier molecular flexibility index (Phi) is 7.03. The molecule has 28 heavy (non-hydrogen) atoms. The average molecular weight is 384 g/mol. The molecule has 1 saturated heterocycles. The quantitative estimate of drug-likeness (QED) is 0.621. The predicted octanol–water partition coefficient (Wildman–Crippen LogP) is 4.50. The molecule has 2 aliphatic rings. The molecular formula is C24H33NO3. The molecule has 1 aromatic carbocycles. The lowest BCUT2D eigenvalue weighted by molar-refractivity contribution is -0.153. The standard InChI is InChI=1S/C24H33NO3/c1-2-24(16-7-4-8-17-24)22(27)23(28)25-18-10-14-20(25)21(26)15-9-13-19-11-5-3-6-12-19/h3,5-6,11-12,20H,2,4,7-10,13-18H2,1H3/t20-/m0/s1. The van der Waals surface area contributed by atoms with E-state index >= 15 is 0 Å². The van der Waals surface area contributed by atoms with Gasteiger partial charge in [0.15, 0.2) is 5.78 Å². The maximum absolute atomic E-state index is 13.1. The molecule has 3 rings (SSSR count). The Bertz CT molecular complexity index is 691. The van der Waals surface area contributed by atoms with Crippen molar-refractivity contribution < 1.29 is 14.4 Å². The molecule has 1 saturated carbocycles. The molecular weight excluding hydrogens is 350 g/mol. The van der Waals surface area contributed by atoms with Crippen LogP contribution in [0.2, 0.25) is 0 Å². The SMILES string of the molecule is CCC1(C(=O)C(=O)N2CCC[C@H]2C(=O)CCCc2ccccc2)CCCCC1. The Hall–Kier alpha value is -1.97. The molecule has 2 fully saturated rings. The summed E-state index contributed by atoms with van der Waals surface area (Å²) in [5.41, 5.74) is 0.741. The van der Waals surface area contributed by atoms with Gasteiger partial charge in [-0.05, 0) is 50.5 Å². The van der Waals surface area contributed by atoms with Crippen molar-refractivity contribution in [3.8, 4) is 0 Å². The third-order valence-corrected chi connectivity index (χ3v) is 6.78. The molecule has 1 heterocycles. The molecule has 0 N–H and O–H groups in total. The monoisotopic (exact) mass is 383 g/mol. The fourth-order valence-electron chi connectivity index (χ4n) is 4.95. The van der Waals surface area contributed by atoms with E-state index in [-0.39, 0.29) is 11.6 Å². The number of amides is 1. The molecule has 1 atom stereocenters. The Morgan fingerprint density at radius 2 is 1.75 bits per heavy atom. The average Bonchev–Trinajstić information content (AvgIpc) is 3.24. The van der Waals surface area contributed by atoms with Crippen molar-refractivity contribution in [3.63, 3.8) is 0 Å². The second-order valence-electron chi connectivity index (χ2n) is 8.49. The number of Topliss-reactive ketones (excluding diaryl/α,β-unsaturated/α-hetero) is 2. The number of rotatable bonds is 8. The molecule has 0 unspecified atom stereocenters. The zero-order chi connectivity index (χ0) is 20.0. The number of nitrogens with zero attached hydrogens (tertiary/aromatic N) is 1. The van der Waals surface area contributed by atoms with Gasteiger partial charge in [-0.3, -0.25) is 14.4 Å². The van der Waals surface area contributed by atoms with E-state index in [1.54, 1.807) is 4.90 Å². The number of benzene rings is 1. The summed E-state index contributed by atoms with van der Waals surface area (Å²) in [5.74, 6) is -0.523. The minimum absolute atomic E-state index is 0.115. The van der Waals surface area contributed by atoms with Crippen LogP contribution in [0.1, 0.15) is 76.7 Å². The van der Waals surface area contributed by atoms with Crippen molar-refractivity contribution in [2.45, 2.75) is 83.6 Å². The van der Waals surface area contributed by atoms with Crippen molar-refractivity contribution in [2.75, 3.05) is 6.54 Å². The van der Waals surface area contributed by atoms with E-state index in [2.05, 4.69) is 12.1 Å². The van der Waals surface area contributed by atoms with Crippen molar-refractivity contribution >= 4 is 17.5 Å². The number of hydrogen-bond donors (Lipinski definition) is 0. The van der Waals surface area contributed by atoms with Crippen LogP contribution in [-0.4, -0.2) is 35.0 Å². The van der Waals surface area contributed by atoms with E-state index in [0.29, 0.717) is 19.4 Å². The Morgan fingerprint density at radius 1 is 1.04 bits per heavy atom. The summed E-state index contributed by atoms with van der Waals surface area (Å²) in [4.78, 5) is 40.5. The van der Waals surface area contributed by atoms with Gasteiger partial charge in [0.1, 0.15) is 0 Å². The third-order valence-electron chi connectivity index (χ3n) is 6.78. The summed E-state index contributed by atoms with van der Waals surface area (Å²) in [6.07, 6.45) is 9.18. The van der Waals surface area contributed by atoms with Crippen LogP contribution in [0, 0.1) is 5.41 Å². The zero-order valence-corrected chi connectivity index (χ0v) is 17.1. The first-order chi connectivity index (χ1) is 13.6. The molecule has 1 aromatic rings. The van der Waals surface area contributed by atoms with E-state index in [4.69, 9.17) is 0 Å². The van der Waals surface area contributed by atoms with Crippen LogP contribution in [0.15, 0.2) is 30.3 Å². The summed E-state index contributed by atoms with van der Waals surface area (Å²) >= 11 is 0. The Balaban J connectivity index is 1.59. The number of ketones is 2. The summed E-state index contributed by atoms with van der Waals surface area (Å²) in [5, 5.41) is 0. The van der Waals surface area contributed by atoms with Crippen LogP contribution in [-0.2, 0) is 20.8 Å². The van der Waals surface area contributed by atoms with E-state index in [0.717, 1.165) is 57.8 Å². The van der Waals surface area contributed by atoms with Gasteiger partial charge in [-0.1, -0.05) is 56.5 Å². The summed E-state index contributed by atoms with van der Waals surface area (Å²) in [7, 11) is 0. The first-order valence-electron chi connectivity index (χ1n) is 11.0. The second-order valence-corrected chi connectivity index (χ2v) is 8.49. The number of aryl methyl sites for hydroxylation is 1. The minimum Gasteiger partial charge on any atom is -0.326 e. The largest absolute Gasteiger partial charge is 0.326 e. The van der Waals surface area contributed by atoms with Crippen LogP contribution >= 0.6 is 0 Å². The first kappa shape index (κ1) is 20.8. The fraction of sp³-hybridized carbons (Fsp3) is 0.625. The van der Waals surface area contributed by atoms with E-state index in [1.807, 2.05) is 25.1 Å². The van der Waals surface area contributed by atoms with Crippen molar-refractivity contribution in [1.82, 2.24) is 4.90 Å². The highest BCUT2D eigenvalue weighted by Crippen LogP contribution is 2.41. The van der Waals surface area contributed by atoms with Gasteiger partial charge in [-0.25, -0.2) is 0 Å². The zero-order valence-electron chi connectivity index (χ0n) is 17.1. The summed E-state index contributed by atoms with van der Waals surface area (Å²) in [6, 6.07) is 9.75. The van der Waals surface area contributed by atoms with Crippen LogP contribution in [0.25, 0.3) is 0 Å². The van der Waals surface area contributed by atoms with Crippen LogP contribution in [0.3, 0.4) is 0 Å². The van der Waals surface area contributed by atoms with E-state index in [9.17, 15) is 14.4 Å². The van der Waals surface area contributed by atoms with Gasteiger partial charge in [0.05, 0.1) is 6.04 Å². The summed E-state index contributed by atoms with van der Waals surface area (Å²) < 4.78 is 0. The molecule has 0 bridgehead atoms. The molecule has 1 amide bonds. The Labute approximate surface area is 168 Å². The topological polar surface area (TPSA) is 54.5 Å². The van der Waals surface area contributed by atoms with Gasteiger partial charge in [0.2, 0.25) is 5.78 Å². The summed E-state index contributed by atoms with van der Waals surface area (Å²) in [6.45, 7) is 2.56. The molecule has 0 radical (unpaired) electrons. The lowest BCUT2D eigenvalue weighted by Crippen LogP contribution is -2.49. The maximum atomic E-state index is 13.1. The van der Waals surface area contributed by atoms with E-state index < -0.39 is 17.4 Å². The highest BCUT2D eigenvalue weighted by Gasteiger charge is 2.45. The van der Waals surface area contributed by atoms with Crippen molar-refractivity contribution in [2.24, 2.45) is 5.41 Å². The highest BCUT2D eigenvalue weighted by molar-refractivity contribution is 6.38. The molecule has 4 heteroatoms. The molecule has 4 nitrogen and oxygen atoms in total. The molecule has 0 aromatic heterocycles. The van der Waals surface area contributed by atoms with Gasteiger partial charge in [0.25, 0.3) is 5.91 Å². The van der Waals surface area contributed by atoms with Crippen LogP contribution < -0.4 is 0 Å². The molecule has 1 aliphatic carbocycles. The lowest BCUT2D eigenvalue weighted by Gasteiger charge is -2.36. The van der Waals surface area contributed by atoms with Gasteiger partial charge in [-0.15, -0.1) is 0 Å². The lowest BCUT2D eigenvalue weighted by atomic mass is 9.69. The molecule has 1 aliphatic heterocycles. The predicted molar refractivity (Wildman–Crippen MR) is 110 cm³/mol. The molecule has 0 spiro atoms. The van der Waals surface area contributed by atoms with Gasteiger partial charge in [-0.2, -0.15) is 0 Å². The fourth-order valence-corrected chi connectivity index (χ4v) is 4.95. The van der Waals surface area contributed by atoms with Crippen molar-refractivity contribution in [3.05, 3.63) is 35.9 Å². The van der Waals surface area contributed by atoms with Crippen LogP contribution in [0.5, 0.6) is 0 Å². The first-order valence-corrected chi connectivity index (χ1v) is 11.0. The van der Waals surface area contributed by atoms with Gasteiger partial charge >= 0.3 is 0 Å². The highest BCUT2D eigenvalue weighted by atomic mass is 16.2. The number of carbonyl (C=O) groups excluding carboxylic acids is 3. The number of hydrogen-bond acceptors (Lipinski definition) is 3. The second kappa shape index (κ2) is 9.49. The number of likely N-dealkylation sites (tertiary alicyclic amines) is 1. The Morgan fingerprint density at radius 3 is 2.43 bits per heavy atom. The smallest absolute Gasteiger partial charge is 0.291 e. The van der Waals surface area contributed by atoms with Crippen LogP contribution in [0.4, 0.5) is 0 Å². The van der Waals surface area contributed by atoms with Gasteiger partial charge < -0.3 is 4.90 Å². The number of carbonyl (C=O) groups is 3. The van der Waals surface area contributed by atoms with E-state index in [1.165, 1.54) is 5.56 Å². The normalized spacial score (nSPS) is 21.5.